The second-order valence-corrected chi connectivity index (χ2v) is 10.7. The minimum Gasteiger partial charge on any atom is -0.494 e. The molecule has 166 valence electrons. The third-order valence-electron chi connectivity index (χ3n) is 5.84. The highest BCUT2D eigenvalue weighted by Crippen LogP contribution is 2.31. The third-order valence-corrected chi connectivity index (χ3v) is 6.77. The molecule has 3 rings (SSSR count). The van der Waals surface area contributed by atoms with E-state index >= 15 is 0 Å². The van der Waals surface area contributed by atoms with Crippen LogP contribution in [0.4, 0.5) is 5.13 Å². The predicted octanol–water partition coefficient (Wildman–Crippen LogP) is 7.08. The zero-order chi connectivity index (χ0) is 22.6. The molecular formula is C26H34N2O2S. The van der Waals surface area contributed by atoms with Crippen molar-refractivity contribution in [3.05, 3.63) is 53.6 Å². The molecule has 0 fully saturated rings. The number of aromatic nitrogens is 1. The molecule has 0 bridgehead atoms. The minimum absolute atomic E-state index is 0.0289. The zero-order valence-corrected chi connectivity index (χ0v) is 20.4. The first kappa shape index (κ1) is 23.3. The SMILES string of the molecule is CCC(C)(C)c1ccc(OCCCC(=O)Nc2nc3ccc(C(C)(C)C)cc3s2)cc1. The summed E-state index contributed by atoms with van der Waals surface area (Å²) in [6, 6.07) is 14.6. The number of hydrogen-bond acceptors (Lipinski definition) is 4. The normalized spacial score (nSPS) is 12.2. The Hall–Kier alpha value is -2.40. The lowest BCUT2D eigenvalue weighted by atomic mass is 9.82. The molecule has 0 aliphatic rings. The molecule has 0 spiro atoms. The van der Waals surface area contributed by atoms with E-state index in [0.29, 0.717) is 24.6 Å². The van der Waals surface area contributed by atoms with Crippen molar-refractivity contribution in [3.63, 3.8) is 0 Å². The molecule has 0 aliphatic heterocycles. The summed E-state index contributed by atoms with van der Waals surface area (Å²) in [6.07, 6.45) is 2.16. The molecule has 0 unspecified atom stereocenters. The van der Waals surface area contributed by atoms with Gasteiger partial charge in [-0.15, -0.1) is 0 Å². The molecule has 0 atom stereocenters. The van der Waals surface area contributed by atoms with Gasteiger partial charge < -0.3 is 10.1 Å². The molecule has 0 radical (unpaired) electrons. The van der Waals surface area contributed by atoms with Gasteiger partial charge >= 0.3 is 0 Å². The standard InChI is InChI=1S/C26H34N2O2S/c1-7-26(5,6)18-10-13-20(14-11-18)30-16-8-9-23(29)28-24-27-21-15-12-19(25(2,3)4)17-22(21)31-24/h10-15,17H,7-9,16H2,1-6H3,(H,27,28,29). The van der Waals surface area contributed by atoms with Crippen molar-refractivity contribution in [2.75, 3.05) is 11.9 Å². The largest absolute Gasteiger partial charge is 0.494 e. The maximum Gasteiger partial charge on any atom is 0.226 e. The summed E-state index contributed by atoms with van der Waals surface area (Å²) in [6.45, 7) is 13.8. The summed E-state index contributed by atoms with van der Waals surface area (Å²) in [5.74, 6) is 0.815. The molecule has 0 aliphatic carbocycles. The average Bonchev–Trinajstić information content (AvgIpc) is 3.12. The Balaban J connectivity index is 1.47. The Kier molecular flexibility index (Phi) is 7.05. The number of thiazole rings is 1. The number of nitrogens with zero attached hydrogens (tertiary/aromatic N) is 1. The van der Waals surface area contributed by atoms with Gasteiger partial charge in [-0.1, -0.05) is 71.1 Å². The molecule has 1 aromatic heterocycles. The van der Waals surface area contributed by atoms with Crippen LogP contribution in [0.1, 0.15) is 71.9 Å². The lowest BCUT2D eigenvalue weighted by molar-refractivity contribution is -0.116. The number of fused-ring (bicyclic) bond motifs is 1. The van der Waals surface area contributed by atoms with Crippen LogP contribution in [0.3, 0.4) is 0 Å². The van der Waals surface area contributed by atoms with E-state index < -0.39 is 0 Å². The monoisotopic (exact) mass is 438 g/mol. The van der Waals surface area contributed by atoms with Crippen molar-refractivity contribution in [2.45, 2.75) is 71.6 Å². The summed E-state index contributed by atoms with van der Waals surface area (Å²) in [5.41, 5.74) is 3.77. The van der Waals surface area contributed by atoms with Crippen molar-refractivity contribution < 1.29 is 9.53 Å². The predicted molar refractivity (Wildman–Crippen MR) is 131 cm³/mol. The maximum atomic E-state index is 12.3. The first-order valence-corrected chi connectivity index (χ1v) is 11.8. The highest BCUT2D eigenvalue weighted by molar-refractivity contribution is 7.22. The van der Waals surface area contributed by atoms with Crippen LogP contribution in [-0.4, -0.2) is 17.5 Å². The molecular weight excluding hydrogens is 404 g/mol. The number of nitrogens with one attached hydrogen (secondary N) is 1. The van der Waals surface area contributed by atoms with Crippen LogP contribution in [0.25, 0.3) is 10.2 Å². The zero-order valence-electron chi connectivity index (χ0n) is 19.5. The molecule has 4 nitrogen and oxygen atoms in total. The van der Waals surface area contributed by atoms with E-state index in [0.717, 1.165) is 22.4 Å². The van der Waals surface area contributed by atoms with Crippen molar-refractivity contribution in [3.8, 4) is 5.75 Å². The van der Waals surface area contributed by atoms with Crippen LogP contribution in [0.5, 0.6) is 5.75 Å². The van der Waals surface area contributed by atoms with Crippen molar-refractivity contribution >= 4 is 32.6 Å². The molecule has 1 amide bonds. The molecule has 1 heterocycles. The molecule has 5 heteroatoms. The number of rotatable bonds is 8. The van der Waals surface area contributed by atoms with E-state index in [-0.39, 0.29) is 16.7 Å². The average molecular weight is 439 g/mol. The third kappa shape index (κ3) is 6.07. The van der Waals surface area contributed by atoms with Crippen molar-refractivity contribution in [2.24, 2.45) is 0 Å². The Morgan fingerprint density at radius 3 is 2.35 bits per heavy atom. The summed E-state index contributed by atoms with van der Waals surface area (Å²) in [4.78, 5) is 16.9. The number of hydrogen-bond donors (Lipinski definition) is 1. The molecule has 31 heavy (non-hydrogen) atoms. The van der Waals surface area contributed by atoms with E-state index in [4.69, 9.17) is 4.74 Å². The molecule has 0 saturated heterocycles. The quantitative estimate of drug-likeness (QED) is 0.382. The van der Waals surface area contributed by atoms with Gasteiger partial charge in [-0.25, -0.2) is 4.98 Å². The Morgan fingerprint density at radius 2 is 1.71 bits per heavy atom. The summed E-state index contributed by atoms with van der Waals surface area (Å²) < 4.78 is 6.91. The van der Waals surface area contributed by atoms with Gasteiger partial charge in [0.15, 0.2) is 5.13 Å². The minimum atomic E-state index is -0.0289. The fourth-order valence-electron chi connectivity index (χ4n) is 3.26. The Labute approximate surface area is 190 Å². The van der Waals surface area contributed by atoms with E-state index in [1.54, 1.807) is 0 Å². The van der Waals surface area contributed by atoms with E-state index in [9.17, 15) is 4.79 Å². The van der Waals surface area contributed by atoms with Gasteiger partial charge in [-0.05, 0) is 59.1 Å². The number of anilines is 1. The van der Waals surface area contributed by atoms with Gasteiger partial charge in [0.25, 0.3) is 0 Å². The Bertz CT molecular complexity index is 1030. The van der Waals surface area contributed by atoms with Crippen LogP contribution >= 0.6 is 11.3 Å². The van der Waals surface area contributed by atoms with Crippen LogP contribution in [0.15, 0.2) is 42.5 Å². The van der Waals surface area contributed by atoms with Gasteiger partial charge in [-0.2, -0.15) is 0 Å². The highest BCUT2D eigenvalue weighted by Gasteiger charge is 2.18. The van der Waals surface area contributed by atoms with Gasteiger partial charge in [0, 0.05) is 6.42 Å². The fourth-order valence-corrected chi connectivity index (χ4v) is 4.18. The van der Waals surface area contributed by atoms with E-state index in [1.165, 1.54) is 22.5 Å². The number of amides is 1. The topological polar surface area (TPSA) is 51.2 Å². The second-order valence-electron chi connectivity index (χ2n) is 9.71. The number of benzene rings is 2. The number of carbonyl (C=O) groups is 1. The molecule has 2 aromatic carbocycles. The molecule has 1 N–H and O–H groups in total. The second kappa shape index (κ2) is 9.39. The maximum absolute atomic E-state index is 12.3. The van der Waals surface area contributed by atoms with Gasteiger partial charge in [0.2, 0.25) is 5.91 Å². The van der Waals surface area contributed by atoms with Crippen LogP contribution in [0.2, 0.25) is 0 Å². The van der Waals surface area contributed by atoms with Crippen LogP contribution < -0.4 is 10.1 Å². The summed E-state index contributed by atoms with van der Waals surface area (Å²) >= 11 is 1.52. The van der Waals surface area contributed by atoms with E-state index in [2.05, 4.69) is 76.1 Å². The summed E-state index contributed by atoms with van der Waals surface area (Å²) in [5, 5.41) is 3.59. The number of ether oxygens (including phenoxy) is 1. The number of carbonyl (C=O) groups excluding carboxylic acids is 1. The molecule has 3 aromatic rings. The molecule has 0 saturated carbocycles. The van der Waals surface area contributed by atoms with Crippen LogP contribution in [0, 0.1) is 0 Å². The summed E-state index contributed by atoms with van der Waals surface area (Å²) in [7, 11) is 0. The van der Waals surface area contributed by atoms with Crippen LogP contribution in [-0.2, 0) is 15.6 Å². The van der Waals surface area contributed by atoms with E-state index in [1.807, 2.05) is 18.2 Å². The van der Waals surface area contributed by atoms with Gasteiger partial charge in [0.05, 0.1) is 16.8 Å². The Morgan fingerprint density at radius 1 is 1.03 bits per heavy atom. The first-order chi connectivity index (χ1) is 14.6. The van der Waals surface area contributed by atoms with Gasteiger partial charge in [-0.3, -0.25) is 4.79 Å². The smallest absolute Gasteiger partial charge is 0.226 e. The lowest BCUT2D eigenvalue weighted by Gasteiger charge is -2.23. The lowest BCUT2D eigenvalue weighted by Crippen LogP contribution is -2.15. The highest BCUT2D eigenvalue weighted by atomic mass is 32.1. The fraction of sp³-hybridized carbons (Fsp3) is 0.462. The van der Waals surface area contributed by atoms with Gasteiger partial charge in [0.1, 0.15) is 5.75 Å². The first-order valence-electron chi connectivity index (χ1n) is 11.0. The van der Waals surface area contributed by atoms with Crippen molar-refractivity contribution in [1.82, 2.24) is 4.98 Å². The van der Waals surface area contributed by atoms with Crippen molar-refractivity contribution in [1.29, 1.82) is 0 Å².